The van der Waals surface area contributed by atoms with Gasteiger partial charge in [0.15, 0.2) is 0 Å². The minimum Gasteiger partial charge on any atom is -0.492 e. The number of nitrogens with zero attached hydrogens (tertiary/aromatic N) is 2. The number of nitrogens with one attached hydrogen (secondary N) is 1. The van der Waals surface area contributed by atoms with Crippen molar-refractivity contribution < 1.29 is 4.74 Å². The quantitative estimate of drug-likeness (QED) is 0.794. The molecular formula is C16H29N3O. The van der Waals surface area contributed by atoms with Crippen molar-refractivity contribution in [2.45, 2.75) is 45.7 Å². The van der Waals surface area contributed by atoms with Crippen LogP contribution in [0.25, 0.3) is 0 Å². The molecule has 2 atom stereocenters. The first kappa shape index (κ1) is 16.9. The number of likely N-dealkylation sites (N-methyl/N-ethyl adjacent to an activating group) is 2. The molecule has 0 saturated heterocycles. The van der Waals surface area contributed by atoms with Gasteiger partial charge in [-0.25, -0.2) is 0 Å². The maximum Gasteiger partial charge on any atom is 0.137 e. The summed E-state index contributed by atoms with van der Waals surface area (Å²) in [5.74, 6) is 0.838. The third-order valence-electron chi connectivity index (χ3n) is 4.15. The van der Waals surface area contributed by atoms with E-state index in [1.807, 2.05) is 13.1 Å². The lowest BCUT2D eigenvalue weighted by atomic mass is 9.84. The Labute approximate surface area is 123 Å². The van der Waals surface area contributed by atoms with Crippen molar-refractivity contribution >= 4 is 0 Å². The van der Waals surface area contributed by atoms with Gasteiger partial charge in [0, 0.05) is 11.7 Å². The van der Waals surface area contributed by atoms with Crippen LogP contribution in [0.4, 0.5) is 0 Å². The lowest BCUT2D eigenvalue weighted by Crippen LogP contribution is -2.51. The Balaban J connectivity index is 3.15. The van der Waals surface area contributed by atoms with Gasteiger partial charge in [-0.1, -0.05) is 13.8 Å². The van der Waals surface area contributed by atoms with Crippen molar-refractivity contribution in [2.24, 2.45) is 0 Å². The molecule has 1 N–H and O–H groups in total. The van der Waals surface area contributed by atoms with Gasteiger partial charge in [-0.2, -0.15) is 0 Å². The summed E-state index contributed by atoms with van der Waals surface area (Å²) in [5.41, 5.74) is 1.21. The van der Waals surface area contributed by atoms with Crippen LogP contribution in [0.5, 0.6) is 5.75 Å². The third kappa shape index (κ3) is 3.70. The average molecular weight is 279 g/mol. The molecule has 1 rings (SSSR count). The number of hydrogen-bond acceptors (Lipinski definition) is 4. The van der Waals surface area contributed by atoms with E-state index < -0.39 is 0 Å². The number of ether oxygens (including phenoxy) is 1. The molecule has 114 valence electrons. The molecule has 0 aromatic carbocycles. The molecule has 0 aliphatic rings. The molecule has 2 unspecified atom stereocenters. The van der Waals surface area contributed by atoms with Crippen LogP contribution in [0.1, 0.15) is 45.7 Å². The molecule has 0 radical (unpaired) electrons. The molecule has 20 heavy (non-hydrogen) atoms. The van der Waals surface area contributed by atoms with E-state index in [0.29, 0.717) is 6.61 Å². The van der Waals surface area contributed by atoms with Crippen molar-refractivity contribution in [3.8, 4) is 5.75 Å². The number of rotatable bonds is 8. The fourth-order valence-electron chi connectivity index (χ4n) is 2.52. The van der Waals surface area contributed by atoms with Crippen LogP contribution in [0.3, 0.4) is 0 Å². The van der Waals surface area contributed by atoms with E-state index in [2.05, 4.69) is 56.1 Å². The van der Waals surface area contributed by atoms with Crippen LogP contribution in [0, 0.1) is 0 Å². The Hall–Kier alpha value is -1.13. The maximum atomic E-state index is 5.58. The Morgan fingerprint density at radius 1 is 1.30 bits per heavy atom. The Morgan fingerprint density at radius 2 is 2.00 bits per heavy atom. The fraction of sp³-hybridized carbons (Fsp3) is 0.688. The zero-order valence-corrected chi connectivity index (χ0v) is 13.7. The standard InChI is InChI=1S/C16H29N3O/c1-7-16(4,19(5)6)15(18-8-2)13-10-14(20-9-3)12-17-11-13/h10-12,15,18H,7-9H2,1-6H3. The second-order valence-corrected chi connectivity index (χ2v) is 5.48. The molecule has 0 saturated carbocycles. The van der Waals surface area contributed by atoms with Gasteiger partial charge < -0.3 is 15.0 Å². The molecule has 0 bridgehead atoms. The molecule has 0 amide bonds. The van der Waals surface area contributed by atoms with Crippen molar-refractivity contribution in [1.82, 2.24) is 15.2 Å². The fourth-order valence-corrected chi connectivity index (χ4v) is 2.52. The van der Waals surface area contributed by atoms with Gasteiger partial charge in [-0.05, 0) is 52.5 Å². The number of hydrogen-bond donors (Lipinski definition) is 1. The van der Waals surface area contributed by atoms with Gasteiger partial charge in [0.1, 0.15) is 5.75 Å². The summed E-state index contributed by atoms with van der Waals surface area (Å²) in [7, 11) is 4.27. The van der Waals surface area contributed by atoms with Gasteiger partial charge in [-0.15, -0.1) is 0 Å². The molecular weight excluding hydrogens is 250 g/mol. The summed E-state index contributed by atoms with van der Waals surface area (Å²) in [6.07, 6.45) is 4.76. The minimum absolute atomic E-state index is 0.0303. The first-order chi connectivity index (χ1) is 9.49. The lowest BCUT2D eigenvalue weighted by Gasteiger charge is -2.43. The van der Waals surface area contributed by atoms with E-state index >= 15 is 0 Å². The topological polar surface area (TPSA) is 37.4 Å². The number of pyridine rings is 1. The van der Waals surface area contributed by atoms with E-state index in [1.165, 1.54) is 5.56 Å². The summed E-state index contributed by atoms with van der Waals surface area (Å²) in [6.45, 7) is 10.2. The third-order valence-corrected chi connectivity index (χ3v) is 4.15. The predicted octanol–water partition coefficient (Wildman–Crippen LogP) is 2.86. The lowest BCUT2D eigenvalue weighted by molar-refractivity contribution is 0.113. The summed E-state index contributed by atoms with van der Waals surface area (Å²) >= 11 is 0. The molecule has 1 heterocycles. The first-order valence-corrected chi connectivity index (χ1v) is 7.48. The van der Waals surface area contributed by atoms with Crippen molar-refractivity contribution in [1.29, 1.82) is 0 Å². The van der Waals surface area contributed by atoms with Crippen LogP contribution >= 0.6 is 0 Å². The highest BCUT2D eigenvalue weighted by Crippen LogP contribution is 2.33. The normalized spacial score (nSPS) is 15.9. The largest absolute Gasteiger partial charge is 0.492 e. The highest BCUT2D eigenvalue weighted by Gasteiger charge is 2.35. The molecule has 4 nitrogen and oxygen atoms in total. The van der Waals surface area contributed by atoms with Crippen LogP contribution in [-0.2, 0) is 0 Å². The van der Waals surface area contributed by atoms with Crippen LogP contribution in [0.2, 0.25) is 0 Å². The number of aromatic nitrogens is 1. The van der Waals surface area contributed by atoms with E-state index in [0.717, 1.165) is 18.7 Å². The smallest absolute Gasteiger partial charge is 0.137 e. The second kappa shape index (κ2) is 7.60. The van der Waals surface area contributed by atoms with E-state index in [1.54, 1.807) is 6.20 Å². The Morgan fingerprint density at radius 3 is 2.50 bits per heavy atom. The van der Waals surface area contributed by atoms with Gasteiger partial charge in [-0.3, -0.25) is 4.98 Å². The van der Waals surface area contributed by atoms with Gasteiger partial charge in [0.2, 0.25) is 0 Å². The summed E-state index contributed by atoms with van der Waals surface area (Å²) in [6, 6.07) is 2.32. The molecule has 0 aliphatic heterocycles. The van der Waals surface area contributed by atoms with E-state index in [-0.39, 0.29) is 11.6 Å². The van der Waals surface area contributed by atoms with Crippen molar-refractivity contribution in [2.75, 3.05) is 27.2 Å². The van der Waals surface area contributed by atoms with Gasteiger partial charge in [0.05, 0.1) is 18.8 Å². The Bertz CT molecular complexity index is 408. The summed E-state index contributed by atoms with van der Waals surface area (Å²) < 4.78 is 5.58. The van der Waals surface area contributed by atoms with Crippen molar-refractivity contribution in [3.05, 3.63) is 24.0 Å². The molecule has 4 heteroatoms. The molecule has 1 aromatic heterocycles. The van der Waals surface area contributed by atoms with Gasteiger partial charge >= 0.3 is 0 Å². The second-order valence-electron chi connectivity index (χ2n) is 5.48. The zero-order valence-electron chi connectivity index (χ0n) is 13.7. The summed E-state index contributed by atoms with van der Waals surface area (Å²) in [5, 5.41) is 3.60. The maximum absolute atomic E-state index is 5.58. The van der Waals surface area contributed by atoms with Crippen molar-refractivity contribution in [3.63, 3.8) is 0 Å². The van der Waals surface area contributed by atoms with Crippen LogP contribution < -0.4 is 10.1 Å². The van der Waals surface area contributed by atoms with E-state index in [4.69, 9.17) is 4.74 Å². The highest BCUT2D eigenvalue weighted by molar-refractivity contribution is 5.28. The highest BCUT2D eigenvalue weighted by atomic mass is 16.5. The van der Waals surface area contributed by atoms with Crippen LogP contribution in [0.15, 0.2) is 18.5 Å². The molecule has 0 aliphatic carbocycles. The first-order valence-electron chi connectivity index (χ1n) is 7.48. The zero-order chi connectivity index (χ0) is 15.2. The molecule has 0 spiro atoms. The predicted molar refractivity (Wildman–Crippen MR) is 84.2 cm³/mol. The monoisotopic (exact) mass is 279 g/mol. The van der Waals surface area contributed by atoms with E-state index in [9.17, 15) is 0 Å². The molecule has 1 aromatic rings. The minimum atomic E-state index is 0.0303. The average Bonchev–Trinajstić information content (AvgIpc) is 2.44. The molecule has 0 fully saturated rings. The van der Waals surface area contributed by atoms with Gasteiger partial charge in [0.25, 0.3) is 0 Å². The Kier molecular flexibility index (Phi) is 6.43. The SMILES string of the molecule is CCNC(c1cncc(OCC)c1)C(C)(CC)N(C)C. The van der Waals surface area contributed by atoms with Crippen LogP contribution in [-0.4, -0.2) is 42.7 Å². The summed E-state index contributed by atoms with van der Waals surface area (Å²) in [4.78, 5) is 6.62.